The molecule has 1 aromatic heterocycles. The van der Waals surface area contributed by atoms with Gasteiger partial charge in [0.15, 0.2) is 5.16 Å². The molecule has 2 aromatic carbocycles. The molecule has 0 N–H and O–H groups in total. The first-order valence-corrected chi connectivity index (χ1v) is 12.2. The minimum Gasteiger partial charge on any atom is -0.335 e. The number of hydrogen-bond acceptors (Lipinski definition) is 4. The van der Waals surface area contributed by atoms with Crippen LogP contribution in [0.4, 0.5) is 4.39 Å². The second kappa shape index (κ2) is 10.8. The van der Waals surface area contributed by atoms with Crippen LogP contribution >= 0.6 is 11.8 Å². The number of halogens is 1. The van der Waals surface area contributed by atoms with E-state index in [4.69, 9.17) is 0 Å². The molecule has 7 heteroatoms. The first kappa shape index (κ1) is 22.5. The van der Waals surface area contributed by atoms with Crippen molar-refractivity contribution in [2.24, 2.45) is 7.05 Å². The normalized spacial score (nSPS) is 14.4. The maximum atomic E-state index is 13.3. The van der Waals surface area contributed by atoms with Crippen LogP contribution in [0.25, 0.3) is 0 Å². The smallest absolute Gasteiger partial charge is 0.233 e. The number of benzene rings is 2. The lowest BCUT2D eigenvalue weighted by Crippen LogP contribution is -2.42. The van der Waals surface area contributed by atoms with Crippen LogP contribution in [-0.2, 0) is 24.8 Å². The zero-order chi connectivity index (χ0) is 22.3. The summed E-state index contributed by atoms with van der Waals surface area (Å²) in [5.74, 6) is 1.03. The van der Waals surface area contributed by atoms with Gasteiger partial charge in [-0.15, -0.1) is 10.2 Å². The Balaban J connectivity index is 1.42. The molecule has 0 radical (unpaired) electrons. The summed E-state index contributed by atoms with van der Waals surface area (Å²) in [7, 11) is 1.95. The molecule has 0 saturated heterocycles. The molecule has 0 atom stereocenters. The lowest BCUT2D eigenvalue weighted by Gasteiger charge is -2.34. The summed E-state index contributed by atoms with van der Waals surface area (Å²) >= 11 is 1.43. The minimum atomic E-state index is -0.256. The van der Waals surface area contributed by atoms with Gasteiger partial charge in [-0.1, -0.05) is 73.5 Å². The van der Waals surface area contributed by atoms with Crippen molar-refractivity contribution < 1.29 is 9.18 Å². The monoisotopic (exact) mass is 452 g/mol. The molecular weight excluding hydrogens is 423 g/mol. The third-order valence-corrected chi connectivity index (χ3v) is 7.06. The molecule has 168 valence electrons. The van der Waals surface area contributed by atoms with Crippen molar-refractivity contribution in [3.63, 3.8) is 0 Å². The Morgan fingerprint density at radius 2 is 1.75 bits per heavy atom. The van der Waals surface area contributed by atoms with Gasteiger partial charge in [-0.05, 0) is 36.1 Å². The standard InChI is InChI=1S/C25H29FN4OS/c1-29-23(16-19-8-4-2-5-9-19)27-28-25(29)32-18-24(31)30(22-10-6-3-7-11-22)17-20-12-14-21(26)15-13-20/h2,4-5,8-9,12-15,22H,3,6-7,10-11,16-18H2,1H3. The molecule has 0 unspecified atom stereocenters. The summed E-state index contributed by atoms with van der Waals surface area (Å²) < 4.78 is 15.3. The van der Waals surface area contributed by atoms with Crippen molar-refractivity contribution in [1.82, 2.24) is 19.7 Å². The number of thioether (sulfide) groups is 1. The van der Waals surface area contributed by atoms with Crippen LogP contribution in [0.5, 0.6) is 0 Å². The van der Waals surface area contributed by atoms with Gasteiger partial charge in [0.25, 0.3) is 0 Å². The number of rotatable bonds is 8. The predicted molar refractivity (Wildman–Crippen MR) is 125 cm³/mol. The Bertz CT molecular complexity index is 1020. The van der Waals surface area contributed by atoms with Gasteiger partial charge >= 0.3 is 0 Å². The summed E-state index contributed by atoms with van der Waals surface area (Å²) in [5.41, 5.74) is 2.14. The van der Waals surface area contributed by atoms with E-state index < -0.39 is 0 Å². The molecule has 4 rings (SSSR count). The highest BCUT2D eigenvalue weighted by molar-refractivity contribution is 7.99. The highest BCUT2D eigenvalue weighted by atomic mass is 32.2. The summed E-state index contributed by atoms with van der Waals surface area (Å²) in [5, 5.41) is 9.39. The van der Waals surface area contributed by atoms with Gasteiger partial charge in [0.2, 0.25) is 5.91 Å². The summed E-state index contributed by atoms with van der Waals surface area (Å²) in [6.07, 6.45) is 6.30. The van der Waals surface area contributed by atoms with Crippen LogP contribution in [-0.4, -0.2) is 37.4 Å². The van der Waals surface area contributed by atoms with Crippen LogP contribution in [0.1, 0.15) is 49.1 Å². The Hall–Kier alpha value is -2.67. The predicted octanol–water partition coefficient (Wildman–Crippen LogP) is 5.00. The number of carbonyl (C=O) groups is 1. The van der Waals surface area contributed by atoms with Gasteiger partial charge in [-0.2, -0.15) is 0 Å². The first-order chi connectivity index (χ1) is 15.6. The first-order valence-electron chi connectivity index (χ1n) is 11.2. The molecule has 0 bridgehead atoms. The van der Waals surface area contributed by atoms with Gasteiger partial charge in [0, 0.05) is 26.1 Å². The third kappa shape index (κ3) is 5.76. The zero-order valence-corrected chi connectivity index (χ0v) is 19.2. The van der Waals surface area contributed by atoms with Gasteiger partial charge in [0.05, 0.1) is 5.75 Å². The Labute approximate surface area is 193 Å². The molecule has 1 aliphatic carbocycles. The van der Waals surface area contributed by atoms with Gasteiger partial charge in [0.1, 0.15) is 11.6 Å². The average Bonchev–Trinajstić information content (AvgIpc) is 3.17. The van der Waals surface area contributed by atoms with E-state index in [0.717, 1.165) is 42.2 Å². The molecule has 1 fully saturated rings. The van der Waals surface area contributed by atoms with Crippen molar-refractivity contribution in [3.8, 4) is 0 Å². The second-order valence-corrected chi connectivity index (χ2v) is 9.29. The third-order valence-electron chi connectivity index (χ3n) is 6.06. The largest absolute Gasteiger partial charge is 0.335 e. The topological polar surface area (TPSA) is 51.0 Å². The van der Waals surface area contributed by atoms with Crippen LogP contribution < -0.4 is 0 Å². The van der Waals surface area contributed by atoms with E-state index in [1.165, 1.54) is 35.9 Å². The van der Waals surface area contributed by atoms with E-state index in [-0.39, 0.29) is 17.8 Å². The van der Waals surface area contributed by atoms with Crippen LogP contribution in [0, 0.1) is 5.82 Å². The number of nitrogens with zero attached hydrogens (tertiary/aromatic N) is 4. The Morgan fingerprint density at radius 3 is 2.47 bits per heavy atom. The fourth-order valence-corrected chi connectivity index (χ4v) is 5.03. The molecular formula is C25H29FN4OS. The molecule has 3 aromatic rings. The molecule has 0 spiro atoms. The Morgan fingerprint density at radius 1 is 1.03 bits per heavy atom. The number of carbonyl (C=O) groups excluding carboxylic acids is 1. The fourth-order valence-electron chi connectivity index (χ4n) is 4.21. The van der Waals surface area contributed by atoms with E-state index in [1.54, 1.807) is 12.1 Å². The van der Waals surface area contributed by atoms with Crippen molar-refractivity contribution in [2.75, 3.05) is 5.75 Å². The molecule has 1 heterocycles. The number of aromatic nitrogens is 3. The molecule has 0 aliphatic heterocycles. The molecule has 5 nitrogen and oxygen atoms in total. The van der Waals surface area contributed by atoms with E-state index in [1.807, 2.05) is 34.7 Å². The lowest BCUT2D eigenvalue weighted by atomic mass is 9.94. The van der Waals surface area contributed by atoms with E-state index in [0.29, 0.717) is 18.7 Å². The highest BCUT2D eigenvalue weighted by Gasteiger charge is 2.26. The Kier molecular flexibility index (Phi) is 7.58. The van der Waals surface area contributed by atoms with Crippen molar-refractivity contribution in [2.45, 2.75) is 56.3 Å². The maximum absolute atomic E-state index is 13.3. The molecule has 1 amide bonds. The molecule has 1 aliphatic rings. The van der Waals surface area contributed by atoms with Crippen molar-refractivity contribution >= 4 is 17.7 Å². The summed E-state index contributed by atoms with van der Waals surface area (Å²) in [6, 6.07) is 16.9. The lowest BCUT2D eigenvalue weighted by molar-refractivity contribution is -0.132. The second-order valence-electron chi connectivity index (χ2n) is 8.35. The summed E-state index contributed by atoms with van der Waals surface area (Å²) in [6.45, 7) is 0.516. The SMILES string of the molecule is Cn1c(Cc2ccccc2)nnc1SCC(=O)N(Cc1ccc(F)cc1)C1CCCCC1. The number of hydrogen-bond donors (Lipinski definition) is 0. The molecule has 1 saturated carbocycles. The number of amides is 1. The van der Waals surface area contributed by atoms with Crippen LogP contribution in [0.2, 0.25) is 0 Å². The van der Waals surface area contributed by atoms with E-state index in [2.05, 4.69) is 22.3 Å². The fraction of sp³-hybridized carbons (Fsp3) is 0.400. The van der Waals surface area contributed by atoms with Crippen LogP contribution in [0.15, 0.2) is 59.8 Å². The van der Waals surface area contributed by atoms with Crippen molar-refractivity contribution in [3.05, 3.63) is 77.4 Å². The van der Waals surface area contributed by atoms with E-state index >= 15 is 0 Å². The van der Waals surface area contributed by atoms with Gasteiger partial charge in [-0.3, -0.25) is 4.79 Å². The average molecular weight is 453 g/mol. The maximum Gasteiger partial charge on any atom is 0.233 e. The summed E-state index contributed by atoms with van der Waals surface area (Å²) in [4.78, 5) is 15.3. The zero-order valence-electron chi connectivity index (χ0n) is 18.4. The minimum absolute atomic E-state index is 0.0961. The van der Waals surface area contributed by atoms with Gasteiger partial charge < -0.3 is 9.47 Å². The van der Waals surface area contributed by atoms with Gasteiger partial charge in [-0.25, -0.2) is 4.39 Å². The van der Waals surface area contributed by atoms with E-state index in [9.17, 15) is 9.18 Å². The highest BCUT2D eigenvalue weighted by Crippen LogP contribution is 2.26. The quantitative estimate of drug-likeness (QED) is 0.452. The van der Waals surface area contributed by atoms with Crippen molar-refractivity contribution in [1.29, 1.82) is 0 Å². The molecule has 32 heavy (non-hydrogen) atoms. The van der Waals surface area contributed by atoms with Crippen LogP contribution in [0.3, 0.4) is 0 Å².